The summed E-state index contributed by atoms with van der Waals surface area (Å²) in [5.41, 5.74) is 1.41. The Morgan fingerprint density at radius 2 is 2.40 bits per heavy atom. The maximum atomic E-state index is 3.54. The van der Waals surface area contributed by atoms with Crippen molar-refractivity contribution in [1.29, 1.82) is 0 Å². The maximum Gasteiger partial charge on any atom is 0.0489 e. The molecule has 0 bridgehead atoms. The van der Waals surface area contributed by atoms with Gasteiger partial charge in [0.1, 0.15) is 0 Å². The smallest absolute Gasteiger partial charge is 0.0489 e. The average molecular weight is 202 g/mol. The molecule has 0 saturated carbocycles. The van der Waals surface area contributed by atoms with Gasteiger partial charge in [-0.2, -0.15) is 0 Å². The molecular weight excluding hydrogens is 190 g/mol. The summed E-state index contributed by atoms with van der Waals surface area (Å²) in [6, 6.07) is 0. The molecule has 1 heterocycles. The summed E-state index contributed by atoms with van der Waals surface area (Å²) in [5, 5.41) is 0. The van der Waals surface area contributed by atoms with Crippen molar-refractivity contribution in [2.75, 3.05) is 13.6 Å². The molecule has 0 spiro atoms. The Morgan fingerprint density at radius 3 is 2.90 bits per heavy atom. The van der Waals surface area contributed by atoms with E-state index >= 15 is 0 Å². The topological polar surface area (TPSA) is 3.24 Å². The molecule has 1 aliphatic rings. The molecule has 0 saturated heterocycles. The van der Waals surface area contributed by atoms with E-state index in [4.69, 9.17) is 0 Å². The van der Waals surface area contributed by atoms with Gasteiger partial charge in [-0.1, -0.05) is 22.9 Å². The molecule has 0 aliphatic carbocycles. The van der Waals surface area contributed by atoms with Crippen LogP contribution in [0.5, 0.6) is 0 Å². The lowest BCUT2D eigenvalue weighted by atomic mass is 10.1. The summed E-state index contributed by atoms with van der Waals surface area (Å²) in [5.74, 6) is 0. The third-order valence-corrected chi connectivity index (χ3v) is 2.41. The quantitative estimate of drug-likeness (QED) is 0.631. The van der Waals surface area contributed by atoms with E-state index in [1.54, 1.807) is 0 Å². The van der Waals surface area contributed by atoms with Crippen molar-refractivity contribution in [3.05, 3.63) is 22.3 Å². The van der Waals surface area contributed by atoms with Crippen molar-refractivity contribution in [3.8, 4) is 0 Å². The Hall–Kier alpha value is -0.240. The van der Waals surface area contributed by atoms with Gasteiger partial charge >= 0.3 is 0 Å². The van der Waals surface area contributed by atoms with Crippen molar-refractivity contribution in [3.63, 3.8) is 0 Å². The average Bonchev–Trinajstić information content (AvgIpc) is 1.88. The SMILES string of the molecule is CCC1=C(Br)CN(C)C=C1. The largest absolute Gasteiger partial charge is 0.376 e. The summed E-state index contributed by atoms with van der Waals surface area (Å²) < 4.78 is 1.32. The molecule has 0 atom stereocenters. The first-order chi connectivity index (χ1) is 4.74. The fourth-order valence-corrected chi connectivity index (χ4v) is 1.80. The minimum atomic E-state index is 1.01. The van der Waals surface area contributed by atoms with E-state index in [1.807, 2.05) is 0 Å². The normalized spacial score (nSPS) is 18.5. The van der Waals surface area contributed by atoms with Gasteiger partial charge in [0.25, 0.3) is 0 Å². The molecule has 1 aliphatic heterocycles. The van der Waals surface area contributed by atoms with Crippen LogP contribution in [-0.4, -0.2) is 18.5 Å². The zero-order chi connectivity index (χ0) is 7.56. The highest BCUT2D eigenvalue weighted by Gasteiger charge is 2.05. The van der Waals surface area contributed by atoms with E-state index in [9.17, 15) is 0 Å². The van der Waals surface area contributed by atoms with Gasteiger partial charge in [0.05, 0.1) is 0 Å². The second kappa shape index (κ2) is 3.24. The fourth-order valence-electron chi connectivity index (χ4n) is 0.991. The van der Waals surface area contributed by atoms with Gasteiger partial charge in [0.2, 0.25) is 0 Å². The Labute approximate surface area is 70.5 Å². The molecule has 0 aromatic heterocycles. The monoisotopic (exact) mass is 201 g/mol. The molecule has 10 heavy (non-hydrogen) atoms. The van der Waals surface area contributed by atoms with Crippen molar-refractivity contribution < 1.29 is 0 Å². The van der Waals surface area contributed by atoms with Gasteiger partial charge in [-0.25, -0.2) is 0 Å². The Balaban J connectivity index is 2.73. The zero-order valence-electron chi connectivity index (χ0n) is 6.39. The molecule has 0 aromatic carbocycles. The highest BCUT2D eigenvalue weighted by atomic mass is 79.9. The highest BCUT2D eigenvalue weighted by molar-refractivity contribution is 9.11. The van der Waals surface area contributed by atoms with Crippen molar-refractivity contribution in [1.82, 2.24) is 4.90 Å². The first-order valence-electron chi connectivity index (χ1n) is 3.50. The van der Waals surface area contributed by atoms with Gasteiger partial charge in [-0.05, 0) is 24.3 Å². The summed E-state index contributed by atoms with van der Waals surface area (Å²) in [6.45, 7) is 3.19. The van der Waals surface area contributed by atoms with Crippen LogP contribution in [0, 0.1) is 0 Å². The number of halogens is 1. The van der Waals surface area contributed by atoms with Gasteiger partial charge in [-0.15, -0.1) is 0 Å². The first-order valence-corrected chi connectivity index (χ1v) is 4.29. The fraction of sp³-hybridized carbons (Fsp3) is 0.500. The highest BCUT2D eigenvalue weighted by Crippen LogP contribution is 2.21. The van der Waals surface area contributed by atoms with Crippen molar-refractivity contribution in [2.24, 2.45) is 0 Å². The lowest BCUT2D eigenvalue weighted by molar-refractivity contribution is 0.498. The lowest BCUT2D eigenvalue weighted by Crippen LogP contribution is -2.16. The molecule has 0 radical (unpaired) electrons. The molecule has 56 valence electrons. The number of rotatable bonds is 1. The van der Waals surface area contributed by atoms with Crippen LogP contribution in [0.2, 0.25) is 0 Å². The molecule has 2 heteroatoms. The Morgan fingerprint density at radius 1 is 1.70 bits per heavy atom. The molecule has 1 nitrogen and oxygen atoms in total. The van der Waals surface area contributed by atoms with Crippen molar-refractivity contribution in [2.45, 2.75) is 13.3 Å². The number of allylic oxidation sites excluding steroid dienone is 2. The number of hydrogen-bond acceptors (Lipinski definition) is 1. The summed E-state index contributed by atoms with van der Waals surface area (Å²) >= 11 is 3.54. The van der Waals surface area contributed by atoms with Crippen LogP contribution in [0.4, 0.5) is 0 Å². The molecular formula is C8H12BrN. The number of likely N-dealkylation sites (N-methyl/N-ethyl adjacent to an activating group) is 1. The predicted octanol–water partition coefficient (Wildman–Crippen LogP) is 2.50. The summed E-state index contributed by atoms with van der Waals surface area (Å²) in [7, 11) is 2.07. The van der Waals surface area contributed by atoms with E-state index in [-0.39, 0.29) is 0 Å². The second-order valence-corrected chi connectivity index (χ2v) is 3.47. The molecule has 0 N–H and O–H groups in total. The summed E-state index contributed by atoms with van der Waals surface area (Å²) in [6.07, 6.45) is 5.39. The summed E-state index contributed by atoms with van der Waals surface area (Å²) in [4.78, 5) is 2.16. The molecule has 0 aromatic rings. The van der Waals surface area contributed by atoms with Crippen LogP contribution in [-0.2, 0) is 0 Å². The molecule has 0 amide bonds. The third-order valence-electron chi connectivity index (χ3n) is 1.65. The minimum absolute atomic E-state index is 1.01. The molecule has 0 unspecified atom stereocenters. The van der Waals surface area contributed by atoms with E-state index in [0.717, 1.165) is 13.0 Å². The van der Waals surface area contributed by atoms with Gasteiger partial charge < -0.3 is 4.90 Å². The minimum Gasteiger partial charge on any atom is -0.376 e. The van der Waals surface area contributed by atoms with Gasteiger partial charge in [-0.3, -0.25) is 0 Å². The van der Waals surface area contributed by atoms with Crippen LogP contribution in [0.3, 0.4) is 0 Å². The van der Waals surface area contributed by atoms with E-state index in [2.05, 4.69) is 47.1 Å². The molecule has 0 fully saturated rings. The van der Waals surface area contributed by atoms with E-state index < -0.39 is 0 Å². The maximum absolute atomic E-state index is 3.54. The van der Waals surface area contributed by atoms with Crippen LogP contribution in [0.15, 0.2) is 22.3 Å². The van der Waals surface area contributed by atoms with Crippen LogP contribution in [0.25, 0.3) is 0 Å². The van der Waals surface area contributed by atoms with E-state index in [1.165, 1.54) is 10.1 Å². The lowest BCUT2D eigenvalue weighted by Gasteiger charge is -2.19. The first kappa shape index (κ1) is 7.86. The van der Waals surface area contributed by atoms with Crippen molar-refractivity contribution >= 4 is 15.9 Å². The predicted molar refractivity (Wildman–Crippen MR) is 48.0 cm³/mol. The number of hydrogen-bond donors (Lipinski definition) is 0. The van der Waals surface area contributed by atoms with Crippen LogP contribution >= 0.6 is 15.9 Å². The third kappa shape index (κ3) is 1.63. The van der Waals surface area contributed by atoms with Crippen LogP contribution < -0.4 is 0 Å². The standard InChI is InChI=1S/C8H12BrN/c1-3-7-4-5-10(2)6-8(7)9/h4-5H,3,6H2,1-2H3. The van der Waals surface area contributed by atoms with Gasteiger partial charge in [0.15, 0.2) is 0 Å². The van der Waals surface area contributed by atoms with Gasteiger partial charge in [0, 0.05) is 18.1 Å². The molecule has 1 rings (SSSR count). The zero-order valence-corrected chi connectivity index (χ0v) is 7.98. The van der Waals surface area contributed by atoms with Crippen LogP contribution in [0.1, 0.15) is 13.3 Å². The van der Waals surface area contributed by atoms with E-state index in [0.29, 0.717) is 0 Å². The number of nitrogens with zero attached hydrogens (tertiary/aromatic N) is 1. The Kier molecular flexibility index (Phi) is 2.55. The Bertz CT molecular complexity index is 182. The second-order valence-electron chi connectivity index (χ2n) is 2.51.